The van der Waals surface area contributed by atoms with Crippen molar-refractivity contribution in [3.8, 4) is 17.2 Å². The van der Waals surface area contributed by atoms with Crippen molar-refractivity contribution >= 4 is 29.2 Å². The molecule has 2 aromatic heterocycles. The highest BCUT2D eigenvalue weighted by Gasteiger charge is 2.21. The van der Waals surface area contributed by atoms with Crippen molar-refractivity contribution in [2.75, 3.05) is 0 Å². The molecule has 160 valence electrons. The molecule has 2 heterocycles. The van der Waals surface area contributed by atoms with Crippen molar-refractivity contribution < 1.29 is 14.6 Å². The molecule has 10 nitrogen and oxygen atoms in total. The summed E-state index contributed by atoms with van der Waals surface area (Å²) in [4.78, 5) is 48.7. The van der Waals surface area contributed by atoms with Gasteiger partial charge in [-0.2, -0.15) is 9.78 Å². The SMILES string of the molecule is O=C(O)c1nn(-c2cc(Cl)c(Oc3ccc(=O)n(C4CCC4)c3)c(Cl)c2)c(=O)[nH]c1=O. The summed E-state index contributed by atoms with van der Waals surface area (Å²) in [6.45, 7) is 0. The summed E-state index contributed by atoms with van der Waals surface area (Å²) in [7, 11) is 0. The van der Waals surface area contributed by atoms with Crippen molar-refractivity contribution in [2.24, 2.45) is 0 Å². The zero-order valence-electron chi connectivity index (χ0n) is 15.7. The molecular weight excluding hydrogens is 451 g/mol. The highest BCUT2D eigenvalue weighted by molar-refractivity contribution is 6.37. The second kappa shape index (κ2) is 8.05. The summed E-state index contributed by atoms with van der Waals surface area (Å²) in [5.74, 6) is -1.19. The maximum absolute atomic E-state index is 12.1. The molecule has 0 aliphatic heterocycles. The summed E-state index contributed by atoms with van der Waals surface area (Å²) in [6.07, 6.45) is 4.47. The van der Waals surface area contributed by atoms with E-state index in [2.05, 4.69) is 5.10 Å². The third-order valence-corrected chi connectivity index (χ3v) is 5.42. The van der Waals surface area contributed by atoms with E-state index in [1.165, 1.54) is 24.3 Å². The number of hydrogen-bond donors (Lipinski definition) is 2. The normalized spacial score (nSPS) is 13.6. The minimum Gasteiger partial charge on any atom is -0.476 e. The molecule has 1 fully saturated rings. The van der Waals surface area contributed by atoms with E-state index in [1.54, 1.807) is 10.8 Å². The lowest BCUT2D eigenvalue weighted by Crippen LogP contribution is -2.35. The minimum atomic E-state index is -1.60. The Morgan fingerprint density at radius 2 is 1.84 bits per heavy atom. The largest absolute Gasteiger partial charge is 0.476 e. The number of aromatic amines is 1. The van der Waals surface area contributed by atoms with Crippen LogP contribution < -0.4 is 21.5 Å². The van der Waals surface area contributed by atoms with Crippen molar-refractivity contribution in [1.29, 1.82) is 0 Å². The van der Waals surface area contributed by atoms with Crippen LogP contribution in [0.2, 0.25) is 10.0 Å². The van der Waals surface area contributed by atoms with E-state index in [4.69, 9.17) is 33.0 Å². The Kier molecular flexibility index (Phi) is 5.42. The molecule has 1 aliphatic carbocycles. The third-order valence-electron chi connectivity index (χ3n) is 4.86. The molecule has 4 rings (SSSR count). The van der Waals surface area contributed by atoms with E-state index in [-0.39, 0.29) is 33.1 Å². The lowest BCUT2D eigenvalue weighted by molar-refractivity contribution is 0.0685. The van der Waals surface area contributed by atoms with Gasteiger partial charge in [-0.15, -0.1) is 0 Å². The van der Waals surface area contributed by atoms with Crippen molar-refractivity contribution in [1.82, 2.24) is 19.3 Å². The second-order valence-corrected chi connectivity index (χ2v) is 7.67. The van der Waals surface area contributed by atoms with Crippen LogP contribution in [0.25, 0.3) is 5.69 Å². The number of ether oxygens (including phenoxy) is 1. The van der Waals surface area contributed by atoms with Gasteiger partial charge in [-0.1, -0.05) is 23.2 Å². The lowest BCUT2D eigenvalue weighted by Gasteiger charge is -2.27. The number of carboxylic acids is 1. The number of halogens is 2. The summed E-state index contributed by atoms with van der Waals surface area (Å²) in [5, 5.41) is 12.6. The Hall–Kier alpha value is -3.37. The summed E-state index contributed by atoms with van der Waals surface area (Å²) < 4.78 is 8.03. The molecule has 2 N–H and O–H groups in total. The van der Waals surface area contributed by atoms with Gasteiger partial charge in [0, 0.05) is 12.1 Å². The smallest absolute Gasteiger partial charge is 0.362 e. The van der Waals surface area contributed by atoms with Crippen LogP contribution in [0.5, 0.6) is 11.5 Å². The van der Waals surface area contributed by atoms with Gasteiger partial charge in [0.05, 0.1) is 21.9 Å². The Morgan fingerprint density at radius 1 is 1.16 bits per heavy atom. The molecular formula is C19H14Cl2N4O6. The quantitative estimate of drug-likeness (QED) is 0.591. The minimum absolute atomic E-state index is 0.000620. The molecule has 0 spiro atoms. The maximum Gasteiger partial charge on any atom is 0.362 e. The van der Waals surface area contributed by atoms with Crippen LogP contribution in [-0.2, 0) is 0 Å². The Bertz CT molecular complexity index is 1350. The Labute approximate surface area is 183 Å². The van der Waals surface area contributed by atoms with E-state index in [9.17, 15) is 19.2 Å². The number of pyridine rings is 1. The molecule has 0 bridgehead atoms. The van der Waals surface area contributed by atoms with Crippen molar-refractivity contribution in [2.45, 2.75) is 25.3 Å². The fourth-order valence-electron chi connectivity index (χ4n) is 3.09. The van der Waals surface area contributed by atoms with Gasteiger partial charge in [-0.05, 0) is 37.5 Å². The molecule has 0 saturated heterocycles. The number of carboxylic acid groups (broad SMARTS) is 1. The summed E-state index contributed by atoms with van der Waals surface area (Å²) in [6, 6.07) is 5.57. The average Bonchev–Trinajstić information content (AvgIpc) is 2.65. The van der Waals surface area contributed by atoms with Crippen LogP contribution in [0.4, 0.5) is 0 Å². The van der Waals surface area contributed by atoms with Crippen LogP contribution in [0.3, 0.4) is 0 Å². The zero-order valence-corrected chi connectivity index (χ0v) is 17.2. The average molecular weight is 465 g/mol. The first kappa shape index (κ1) is 20.9. The van der Waals surface area contributed by atoms with Crippen molar-refractivity contribution in [3.05, 3.63) is 77.4 Å². The predicted octanol–water partition coefficient (Wildman–Crippen LogP) is 2.60. The summed E-state index contributed by atoms with van der Waals surface area (Å²) >= 11 is 12.6. The fraction of sp³-hybridized carbons (Fsp3) is 0.211. The van der Waals surface area contributed by atoms with Gasteiger partial charge in [0.15, 0.2) is 5.75 Å². The Balaban J connectivity index is 1.72. The van der Waals surface area contributed by atoms with Gasteiger partial charge < -0.3 is 14.4 Å². The standard InChI is InChI=1S/C19H14Cl2N4O6/c20-12-6-10(25-19(30)22-17(27)15(23-25)18(28)29)7-13(21)16(12)31-11-4-5-14(26)24(8-11)9-2-1-3-9/h4-9H,1-3H2,(H,28,29)(H,22,27,30). The molecule has 0 radical (unpaired) electrons. The van der Waals surface area contributed by atoms with Gasteiger partial charge in [0.25, 0.3) is 11.1 Å². The predicted molar refractivity (Wildman–Crippen MR) is 111 cm³/mol. The van der Waals surface area contributed by atoms with Crippen LogP contribution in [-0.4, -0.2) is 30.4 Å². The van der Waals surface area contributed by atoms with Crippen molar-refractivity contribution in [3.63, 3.8) is 0 Å². The van der Waals surface area contributed by atoms with E-state index < -0.39 is 22.9 Å². The number of carbonyl (C=O) groups is 1. The van der Waals surface area contributed by atoms with Crippen LogP contribution in [0.1, 0.15) is 35.8 Å². The number of rotatable bonds is 5. The van der Waals surface area contributed by atoms with Gasteiger partial charge in [0.2, 0.25) is 5.69 Å². The van der Waals surface area contributed by atoms with Gasteiger partial charge in [-0.3, -0.25) is 14.6 Å². The molecule has 12 heteroatoms. The number of hydrogen-bond acceptors (Lipinski definition) is 6. The first-order chi connectivity index (χ1) is 14.7. The monoisotopic (exact) mass is 464 g/mol. The molecule has 3 aromatic rings. The number of nitrogens with one attached hydrogen (secondary N) is 1. The third kappa shape index (κ3) is 3.99. The van der Waals surface area contributed by atoms with E-state index in [0.717, 1.165) is 19.3 Å². The molecule has 1 saturated carbocycles. The van der Waals surface area contributed by atoms with E-state index in [0.29, 0.717) is 10.4 Å². The number of benzene rings is 1. The number of aromatic nitrogens is 4. The van der Waals surface area contributed by atoms with Crippen LogP contribution in [0.15, 0.2) is 44.8 Å². The first-order valence-corrected chi connectivity index (χ1v) is 9.86. The first-order valence-electron chi connectivity index (χ1n) is 9.11. The molecule has 1 aromatic carbocycles. The van der Waals surface area contributed by atoms with Crippen LogP contribution in [0, 0.1) is 0 Å². The molecule has 0 unspecified atom stereocenters. The molecule has 31 heavy (non-hydrogen) atoms. The highest BCUT2D eigenvalue weighted by Crippen LogP contribution is 2.38. The van der Waals surface area contributed by atoms with E-state index in [1.807, 2.05) is 4.98 Å². The maximum atomic E-state index is 12.1. The fourth-order valence-corrected chi connectivity index (χ4v) is 3.65. The molecule has 0 amide bonds. The number of aromatic carboxylic acids is 1. The molecule has 1 aliphatic rings. The van der Waals surface area contributed by atoms with E-state index >= 15 is 0 Å². The number of H-pyrrole nitrogens is 1. The second-order valence-electron chi connectivity index (χ2n) is 6.86. The van der Waals surface area contributed by atoms with Gasteiger partial charge in [-0.25, -0.2) is 9.59 Å². The summed E-state index contributed by atoms with van der Waals surface area (Å²) in [5.41, 5.74) is -3.09. The zero-order chi connectivity index (χ0) is 22.3. The highest BCUT2D eigenvalue weighted by atomic mass is 35.5. The lowest BCUT2D eigenvalue weighted by atomic mass is 9.93. The topological polar surface area (TPSA) is 136 Å². The van der Waals surface area contributed by atoms with Gasteiger partial charge in [0.1, 0.15) is 5.75 Å². The molecule has 0 atom stereocenters. The van der Waals surface area contributed by atoms with Gasteiger partial charge >= 0.3 is 11.7 Å². The Morgan fingerprint density at radius 3 is 2.42 bits per heavy atom. The van der Waals surface area contributed by atoms with Crippen LogP contribution >= 0.6 is 23.2 Å². The number of nitrogens with zero attached hydrogens (tertiary/aromatic N) is 3.